The van der Waals surface area contributed by atoms with Crippen LogP contribution < -0.4 is 0 Å². The Kier molecular flexibility index (Phi) is 5.37. The zero-order valence-corrected chi connectivity index (χ0v) is 13.7. The first-order valence-corrected chi connectivity index (χ1v) is 8.70. The van der Waals surface area contributed by atoms with Crippen LogP contribution in [0, 0.1) is 5.92 Å². The summed E-state index contributed by atoms with van der Waals surface area (Å²) in [5.41, 5.74) is 0.365. The molecule has 0 saturated heterocycles. The van der Waals surface area contributed by atoms with E-state index in [0.717, 1.165) is 23.6 Å². The maximum absolute atomic E-state index is 12.0. The Hall–Kier alpha value is -1.66. The molecule has 22 heavy (non-hydrogen) atoms. The Morgan fingerprint density at radius 2 is 1.91 bits per heavy atom. The average Bonchev–Trinajstić information content (AvgIpc) is 2.53. The topological polar surface area (TPSA) is 63.7 Å². The summed E-state index contributed by atoms with van der Waals surface area (Å²) >= 11 is 0. The molecule has 5 nitrogen and oxygen atoms in total. The van der Waals surface area contributed by atoms with Gasteiger partial charge in [-0.15, -0.1) is 0 Å². The summed E-state index contributed by atoms with van der Waals surface area (Å²) in [7, 11) is -0.538. The third-order valence-electron chi connectivity index (χ3n) is 3.70. The van der Waals surface area contributed by atoms with Gasteiger partial charge < -0.3 is 4.74 Å². The van der Waals surface area contributed by atoms with Gasteiger partial charge in [-0.2, -0.15) is 0 Å². The summed E-state index contributed by atoms with van der Waals surface area (Å²) in [5.74, 6) is -0.0364. The SMILES string of the molecule is CN(C)S(=O)(=O)c1ccc(C(=O)OCC2CC=CCC2)cc1. The molecule has 0 aromatic heterocycles. The van der Waals surface area contributed by atoms with Crippen molar-refractivity contribution in [1.82, 2.24) is 4.31 Å². The van der Waals surface area contributed by atoms with Crippen LogP contribution in [-0.2, 0) is 14.8 Å². The number of benzene rings is 1. The average molecular weight is 323 g/mol. The molecule has 0 fully saturated rings. The molecule has 6 heteroatoms. The first-order valence-electron chi connectivity index (χ1n) is 7.26. The summed E-state index contributed by atoms with van der Waals surface area (Å²) in [5, 5.41) is 0. The van der Waals surface area contributed by atoms with Crippen LogP contribution in [0.5, 0.6) is 0 Å². The molecule has 0 aliphatic heterocycles. The van der Waals surface area contributed by atoms with Gasteiger partial charge in [0.25, 0.3) is 0 Å². The fraction of sp³-hybridized carbons (Fsp3) is 0.438. The lowest BCUT2D eigenvalue weighted by molar-refractivity contribution is 0.0432. The molecule has 0 N–H and O–H groups in total. The molecule has 0 heterocycles. The number of nitrogens with zero attached hydrogens (tertiary/aromatic N) is 1. The third kappa shape index (κ3) is 3.96. The molecule has 1 unspecified atom stereocenters. The molecule has 1 atom stereocenters. The zero-order chi connectivity index (χ0) is 16.2. The summed E-state index contributed by atoms with van der Waals surface area (Å²) in [6, 6.07) is 5.82. The predicted octanol–water partition coefficient (Wildman–Crippen LogP) is 2.45. The molecule has 0 saturated carbocycles. The largest absolute Gasteiger partial charge is 0.462 e. The van der Waals surface area contributed by atoms with Gasteiger partial charge in [0.05, 0.1) is 17.1 Å². The van der Waals surface area contributed by atoms with Gasteiger partial charge in [-0.1, -0.05) is 12.2 Å². The van der Waals surface area contributed by atoms with Crippen LogP contribution in [0.15, 0.2) is 41.3 Å². The van der Waals surface area contributed by atoms with E-state index < -0.39 is 16.0 Å². The first kappa shape index (κ1) is 16.7. The molecule has 1 aromatic rings. The number of esters is 1. The Balaban J connectivity index is 1.98. The molecule has 2 rings (SSSR count). The van der Waals surface area contributed by atoms with E-state index in [9.17, 15) is 13.2 Å². The molecule has 1 aliphatic rings. The summed E-state index contributed by atoms with van der Waals surface area (Å²) in [6.07, 6.45) is 7.25. The van der Waals surface area contributed by atoms with Gasteiger partial charge in [0, 0.05) is 14.1 Å². The lowest BCUT2D eigenvalue weighted by Crippen LogP contribution is -2.22. The van der Waals surface area contributed by atoms with Gasteiger partial charge in [0.1, 0.15) is 0 Å². The molecule has 1 aromatic carbocycles. The van der Waals surface area contributed by atoms with Crippen molar-refractivity contribution in [3.05, 3.63) is 42.0 Å². The normalized spacial score (nSPS) is 18.4. The highest BCUT2D eigenvalue weighted by Gasteiger charge is 2.18. The lowest BCUT2D eigenvalue weighted by atomic mass is 9.95. The zero-order valence-electron chi connectivity index (χ0n) is 12.9. The van der Waals surface area contributed by atoms with Crippen molar-refractivity contribution in [1.29, 1.82) is 0 Å². The van der Waals surface area contributed by atoms with Crippen LogP contribution >= 0.6 is 0 Å². The highest BCUT2D eigenvalue weighted by atomic mass is 32.2. The van der Waals surface area contributed by atoms with Gasteiger partial charge in [0.15, 0.2) is 0 Å². The molecule has 0 bridgehead atoms. The minimum Gasteiger partial charge on any atom is -0.462 e. The van der Waals surface area contributed by atoms with Crippen LogP contribution in [0.2, 0.25) is 0 Å². The highest BCUT2D eigenvalue weighted by molar-refractivity contribution is 7.89. The highest BCUT2D eigenvalue weighted by Crippen LogP contribution is 2.19. The van der Waals surface area contributed by atoms with E-state index in [-0.39, 0.29) is 4.90 Å². The van der Waals surface area contributed by atoms with Gasteiger partial charge in [-0.3, -0.25) is 0 Å². The van der Waals surface area contributed by atoms with E-state index in [2.05, 4.69) is 12.2 Å². The number of sulfonamides is 1. The summed E-state index contributed by atoms with van der Waals surface area (Å²) in [6.45, 7) is 0.404. The fourth-order valence-corrected chi connectivity index (χ4v) is 3.16. The number of hydrogen-bond acceptors (Lipinski definition) is 4. The van der Waals surface area contributed by atoms with E-state index >= 15 is 0 Å². The summed E-state index contributed by atoms with van der Waals surface area (Å²) in [4.78, 5) is 12.1. The van der Waals surface area contributed by atoms with Crippen molar-refractivity contribution < 1.29 is 17.9 Å². The van der Waals surface area contributed by atoms with Crippen molar-refractivity contribution in [2.24, 2.45) is 5.92 Å². The monoisotopic (exact) mass is 323 g/mol. The number of rotatable bonds is 5. The van der Waals surface area contributed by atoms with Crippen molar-refractivity contribution in [2.75, 3.05) is 20.7 Å². The second-order valence-corrected chi connectivity index (χ2v) is 7.71. The number of carbonyl (C=O) groups is 1. The molecule has 1 aliphatic carbocycles. The summed E-state index contributed by atoms with van der Waals surface area (Å²) < 4.78 is 30.3. The molecular formula is C16H21NO4S. The fourth-order valence-electron chi connectivity index (χ4n) is 2.26. The second-order valence-electron chi connectivity index (χ2n) is 5.56. The minimum absolute atomic E-state index is 0.159. The Morgan fingerprint density at radius 1 is 1.23 bits per heavy atom. The minimum atomic E-state index is -3.48. The number of hydrogen-bond donors (Lipinski definition) is 0. The number of ether oxygens (including phenoxy) is 1. The number of allylic oxidation sites excluding steroid dienone is 2. The van der Waals surface area contributed by atoms with Crippen molar-refractivity contribution >= 4 is 16.0 Å². The van der Waals surface area contributed by atoms with Crippen LogP contribution in [0.3, 0.4) is 0 Å². The number of carbonyl (C=O) groups excluding carboxylic acids is 1. The van der Waals surface area contributed by atoms with E-state index in [1.807, 2.05) is 0 Å². The Bertz CT molecular complexity index is 647. The van der Waals surface area contributed by atoms with Crippen LogP contribution in [0.1, 0.15) is 29.6 Å². The second kappa shape index (κ2) is 7.07. The van der Waals surface area contributed by atoms with Gasteiger partial charge in [0.2, 0.25) is 10.0 Å². The van der Waals surface area contributed by atoms with Crippen LogP contribution in [0.4, 0.5) is 0 Å². The van der Waals surface area contributed by atoms with Crippen molar-refractivity contribution in [2.45, 2.75) is 24.2 Å². The van der Waals surface area contributed by atoms with Gasteiger partial charge >= 0.3 is 5.97 Å². The smallest absolute Gasteiger partial charge is 0.338 e. The van der Waals surface area contributed by atoms with Crippen LogP contribution in [0.25, 0.3) is 0 Å². The third-order valence-corrected chi connectivity index (χ3v) is 5.53. The molecule has 0 radical (unpaired) electrons. The quantitative estimate of drug-likeness (QED) is 0.617. The van der Waals surface area contributed by atoms with E-state index in [4.69, 9.17) is 4.74 Å². The van der Waals surface area contributed by atoms with E-state index in [0.29, 0.717) is 18.1 Å². The predicted molar refractivity (Wildman–Crippen MR) is 84.1 cm³/mol. The molecule has 0 spiro atoms. The maximum atomic E-state index is 12.0. The van der Waals surface area contributed by atoms with Crippen molar-refractivity contribution in [3.8, 4) is 0 Å². The van der Waals surface area contributed by atoms with E-state index in [1.54, 1.807) is 0 Å². The van der Waals surface area contributed by atoms with Crippen LogP contribution in [-0.4, -0.2) is 39.4 Å². The Labute approximate surface area is 131 Å². The molecule has 120 valence electrons. The standard InChI is InChI=1S/C16H21NO4S/c1-17(2)22(19,20)15-10-8-14(9-11-15)16(18)21-12-13-6-4-3-5-7-13/h3-4,8-11,13H,5-7,12H2,1-2H3. The first-order chi connectivity index (χ1) is 10.4. The van der Waals surface area contributed by atoms with Gasteiger partial charge in [-0.25, -0.2) is 17.5 Å². The van der Waals surface area contributed by atoms with Gasteiger partial charge in [-0.05, 0) is 49.4 Å². The molecular weight excluding hydrogens is 302 g/mol. The molecule has 0 amide bonds. The maximum Gasteiger partial charge on any atom is 0.338 e. The Morgan fingerprint density at radius 3 is 2.45 bits per heavy atom. The van der Waals surface area contributed by atoms with E-state index in [1.165, 1.54) is 38.4 Å². The lowest BCUT2D eigenvalue weighted by Gasteiger charge is -2.17. The van der Waals surface area contributed by atoms with Crippen molar-refractivity contribution in [3.63, 3.8) is 0 Å².